The van der Waals surface area contributed by atoms with Crippen LogP contribution in [0.15, 0.2) is 6.07 Å². The van der Waals surface area contributed by atoms with Crippen LogP contribution in [0.3, 0.4) is 0 Å². The Morgan fingerprint density at radius 3 is 2.83 bits per heavy atom. The number of hydrogen-bond donors (Lipinski definition) is 1. The summed E-state index contributed by atoms with van der Waals surface area (Å²) in [6.45, 7) is 8.30. The van der Waals surface area contributed by atoms with Crippen molar-refractivity contribution in [2.75, 3.05) is 29.9 Å². The minimum absolute atomic E-state index is 0.281. The van der Waals surface area contributed by atoms with E-state index in [2.05, 4.69) is 29.1 Å². The van der Waals surface area contributed by atoms with Gasteiger partial charge in [0.15, 0.2) is 5.78 Å². The zero-order valence-corrected chi connectivity index (χ0v) is 11.2. The standard InChI is InChI=1S/C13H20N4O/c1-9(2)7-14-12-6-13(16-10(3)15-12)17-5-4-11(18)8-17/h6,9H,4-5,7-8H2,1-3H3,(H,14,15,16). The first-order valence-electron chi connectivity index (χ1n) is 6.41. The Bertz CT molecular complexity index is 445. The highest BCUT2D eigenvalue weighted by Gasteiger charge is 2.21. The van der Waals surface area contributed by atoms with E-state index in [0.29, 0.717) is 18.9 Å². The number of ketones is 1. The van der Waals surface area contributed by atoms with Gasteiger partial charge in [0.25, 0.3) is 0 Å². The van der Waals surface area contributed by atoms with Crippen molar-refractivity contribution in [1.29, 1.82) is 0 Å². The number of Topliss-reactive ketones (excluding diaryl/α,β-unsaturated/α-hetero) is 1. The van der Waals surface area contributed by atoms with Gasteiger partial charge in [-0.2, -0.15) is 0 Å². The second-order valence-electron chi connectivity index (χ2n) is 5.14. The molecular formula is C13H20N4O. The fourth-order valence-corrected chi connectivity index (χ4v) is 1.94. The average Bonchev–Trinajstić information content (AvgIpc) is 2.72. The second kappa shape index (κ2) is 5.33. The Morgan fingerprint density at radius 2 is 2.22 bits per heavy atom. The zero-order chi connectivity index (χ0) is 13.1. The average molecular weight is 248 g/mol. The summed E-state index contributed by atoms with van der Waals surface area (Å²) in [5.41, 5.74) is 0. The van der Waals surface area contributed by atoms with Crippen LogP contribution in [0.5, 0.6) is 0 Å². The van der Waals surface area contributed by atoms with Crippen LogP contribution in [0.4, 0.5) is 11.6 Å². The Hall–Kier alpha value is -1.65. The number of nitrogens with zero attached hydrogens (tertiary/aromatic N) is 3. The molecule has 18 heavy (non-hydrogen) atoms. The van der Waals surface area contributed by atoms with Gasteiger partial charge in [0, 0.05) is 25.6 Å². The Labute approximate surface area is 108 Å². The van der Waals surface area contributed by atoms with Crippen LogP contribution < -0.4 is 10.2 Å². The fraction of sp³-hybridized carbons (Fsp3) is 0.615. The molecule has 0 aliphatic carbocycles. The molecule has 1 aliphatic heterocycles. The van der Waals surface area contributed by atoms with Crippen LogP contribution in [0.25, 0.3) is 0 Å². The molecule has 1 aromatic heterocycles. The van der Waals surface area contributed by atoms with Gasteiger partial charge >= 0.3 is 0 Å². The van der Waals surface area contributed by atoms with Crippen molar-refractivity contribution in [2.24, 2.45) is 5.92 Å². The van der Waals surface area contributed by atoms with E-state index in [1.165, 1.54) is 0 Å². The largest absolute Gasteiger partial charge is 0.370 e. The smallest absolute Gasteiger partial charge is 0.153 e. The lowest BCUT2D eigenvalue weighted by Gasteiger charge is -2.17. The minimum atomic E-state index is 0.281. The molecule has 0 spiro atoms. The number of nitrogens with one attached hydrogen (secondary N) is 1. The monoisotopic (exact) mass is 248 g/mol. The van der Waals surface area contributed by atoms with Gasteiger partial charge in [-0.05, 0) is 12.8 Å². The summed E-state index contributed by atoms with van der Waals surface area (Å²) in [6.07, 6.45) is 0.623. The number of aryl methyl sites for hydroxylation is 1. The number of rotatable bonds is 4. The molecule has 0 amide bonds. The van der Waals surface area contributed by atoms with Crippen molar-refractivity contribution in [3.8, 4) is 0 Å². The maximum Gasteiger partial charge on any atom is 0.153 e. The number of carbonyl (C=O) groups is 1. The molecule has 2 heterocycles. The summed E-state index contributed by atoms with van der Waals surface area (Å²) >= 11 is 0. The van der Waals surface area contributed by atoms with E-state index in [-0.39, 0.29) is 5.78 Å². The highest BCUT2D eigenvalue weighted by Crippen LogP contribution is 2.19. The lowest BCUT2D eigenvalue weighted by Crippen LogP contribution is -2.22. The molecule has 5 heteroatoms. The van der Waals surface area contributed by atoms with Gasteiger partial charge in [0.2, 0.25) is 0 Å². The first-order chi connectivity index (χ1) is 8.54. The zero-order valence-electron chi connectivity index (χ0n) is 11.2. The SMILES string of the molecule is Cc1nc(NCC(C)C)cc(N2CCC(=O)C2)n1. The molecule has 1 fully saturated rings. The second-order valence-corrected chi connectivity index (χ2v) is 5.14. The molecule has 0 bridgehead atoms. The Kier molecular flexibility index (Phi) is 3.79. The molecule has 1 N–H and O–H groups in total. The van der Waals surface area contributed by atoms with E-state index >= 15 is 0 Å². The highest BCUT2D eigenvalue weighted by molar-refractivity contribution is 5.86. The van der Waals surface area contributed by atoms with Crippen molar-refractivity contribution in [1.82, 2.24) is 9.97 Å². The minimum Gasteiger partial charge on any atom is -0.370 e. The van der Waals surface area contributed by atoms with E-state index in [0.717, 1.165) is 30.5 Å². The van der Waals surface area contributed by atoms with Crippen LogP contribution in [0.1, 0.15) is 26.1 Å². The number of aromatic nitrogens is 2. The molecular weight excluding hydrogens is 228 g/mol. The first kappa shape index (κ1) is 12.8. The normalized spacial score (nSPS) is 15.6. The van der Waals surface area contributed by atoms with Gasteiger partial charge in [0.1, 0.15) is 17.5 Å². The Morgan fingerprint density at radius 1 is 1.44 bits per heavy atom. The van der Waals surface area contributed by atoms with Crippen molar-refractivity contribution >= 4 is 17.4 Å². The lowest BCUT2D eigenvalue weighted by atomic mass is 10.2. The molecule has 1 aromatic rings. The fourth-order valence-electron chi connectivity index (χ4n) is 1.94. The van der Waals surface area contributed by atoms with E-state index in [9.17, 15) is 4.79 Å². The summed E-state index contributed by atoms with van der Waals surface area (Å²) < 4.78 is 0. The molecule has 0 radical (unpaired) electrons. The molecule has 1 saturated heterocycles. The van der Waals surface area contributed by atoms with Gasteiger partial charge < -0.3 is 10.2 Å². The molecule has 98 valence electrons. The van der Waals surface area contributed by atoms with E-state index < -0.39 is 0 Å². The van der Waals surface area contributed by atoms with Crippen LogP contribution >= 0.6 is 0 Å². The quantitative estimate of drug-likeness (QED) is 0.877. The molecule has 1 aliphatic rings. The van der Waals surface area contributed by atoms with Crippen molar-refractivity contribution in [2.45, 2.75) is 27.2 Å². The molecule has 0 unspecified atom stereocenters. The van der Waals surface area contributed by atoms with Gasteiger partial charge in [-0.3, -0.25) is 4.79 Å². The highest BCUT2D eigenvalue weighted by atomic mass is 16.1. The van der Waals surface area contributed by atoms with Crippen molar-refractivity contribution in [3.05, 3.63) is 11.9 Å². The van der Waals surface area contributed by atoms with Crippen LogP contribution in [-0.2, 0) is 4.79 Å². The van der Waals surface area contributed by atoms with Gasteiger partial charge in [-0.1, -0.05) is 13.8 Å². The summed E-state index contributed by atoms with van der Waals surface area (Å²) in [5.74, 6) is 3.27. The molecule has 0 aromatic carbocycles. The number of hydrogen-bond acceptors (Lipinski definition) is 5. The summed E-state index contributed by atoms with van der Waals surface area (Å²) in [5, 5.41) is 3.30. The Balaban J connectivity index is 2.13. The third-order valence-corrected chi connectivity index (χ3v) is 2.87. The topological polar surface area (TPSA) is 58.1 Å². The number of carbonyl (C=O) groups excluding carboxylic acids is 1. The van der Waals surface area contributed by atoms with Gasteiger partial charge in [-0.25, -0.2) is 9.97 Å². The van der Waals surface area contributed by atoms with E-state index in [1.54, 1.807) is 0 Å². The van der Waals surface area contributed by atoms with Crippen LogP contribution in [0, 0.1) is 12.8 Å². The summed E-state index contributed by atoms with van der Waals surface area (Å²) in [4.78, 5) is 22.1. The maximum absolute atomic E-state index is 11.3. The molecule has 2 rings (SSSR count). The van der Waals surface area contributed by atoms with Crippen LogP contribution in [-0.4, -0.2) is 35.4 Å². The third-order valence-electron chi connectivity index (χ3n) is 2.87. The predicted molar refractivity (Wildman–Crippen MR) is 71.9 cm³/mol. The molecule has 0 atom stereocenters. The third kappa shape index (κ3) is 3.18. The van der Waals surface area contributed by atoms with E-state index in [4.69, 9.17) is 0 Å². The molecule has 5 nitrogen and oxygen atoms in total. The predicted octanol–water partition coefficient (Wildman–Crippen LogP) is 1.63. The van der Waals surface area contributed by atoms with Crippen molar-refractivity contribution in [3.63, 3.8) is 0 Å². The molecule has 0 saturated carbocycles. The number of anilines is 2. The van der Waals surface area contributed by atoms with E-state index in [1.807, 2.05) is 17.9 Å². The van der Waals surface area contributed by atoms with Crippen molar-refractivity contribution < 1.29 is 4.79 Å². The van der Waals surface area contributed by atoms with Crippen LogP contribution in [0.2, 0.25) is 0 Å². The van der Waals surface area contributed by atoms with Gasteiger partial charge in [0.05, 0.1) is 6.54 Å². The summed E-state index contributed by atoms with van der Waals surface area (Å²) in [6, 6.07) is 1.92. The van der Waals surface area contributed by atoms with Gasteiger partial charge in [-0.15, -0.1) is 0 Å². The first-order valence-corrected chi connectivity index (χ1v) is 6.41. The maximum atomic E-state index is 11.3. The lowest BCUT2D eigenvalue weighted by molar-refractivity contribution is -0.116. The summed E-state index contributed by atoms with van der Waals surface area (Å²) in [7, 11) is 0.